The SMILES string of the molecule is CC(C)n1nc(C(=O)Nc2cc(NC(=O)Cc3ccc(Cl)cc3)ccn2)c(C(N)=O)c1N. The van der Waals surface area contributed by atoms with Crippen LogP contribution in [0.3, 0.4) is 0 Å². The maximum absolute atomic E-state index is 12.7. The van der Waals surface area contributed by atoms with Crippen LogP contribution in [0.25, 0.3) is 0 Å². The summed E-state index contributed by atoms with van der Waals surface area (Å²) in [6, 6.07) is 9.80. The van der Waals surface area contributed by atoms with Crippen LogP contribution in [0.2, 0.25) is 5.02 Å². The molecule has 0 fully saturated rings. The molecule has 1 aromatic carbocycles. The number of nitrogens with one attached hydrogen (secondary N) is 2. The number of carbonyl (C=O) groups excluding carboxylic acids is 3. The van der Waals surface area contributed by atoms with Gasteiger partial charge in [-0.15, -0.1) is 0 Å². The fourth-order valence-electron chi connectivity index (χ4n) is 2.99. The van der Waals surface area contributed by atoms with Gasteiger partial charge in [0.05, 0.1) is 6.42 Å². The van der Waals surface area contributed by atoms with E-state index < -0.39 is 11.8 Å². The number of nitrogen functional groups attached to an aromatic ring is 1. The minimum Gasteiger partial charge on any atom is -0.383 e. The number of aromatic nitrogens is 3. The molecule has 0 aliphatic heterocycles. The molecule has 0 saturated carbocycles. The monoisotopic (exact) mass is 455 g/mol. The smallest absolute Gasteiger partial charge is 0.278 e. The predicted octanol–water partition coefficient (Wildman–Crippen LogP) is 2.63. The minimum atomic E-state index is -0.865. The first-order chi connectivity index (χ1) is 15.2. The Morgan fingerprint density at radius 2 is 1.81 bits per heavy atom. The molecule has 0 bridgehead atoms. The Bertz CT molecular complexity index is 1170. The molecule has 3 rings (SSSR count). The predicted molar refractivity (Wildman–Crippen MR) is 122 cm³/mol. The van der Waals surface area contributed by atoms with E-state index in [-0.39, 0.29) is 41.3 Å². The number of anilines is 3. The van der Waals surface area contributed by atoms with Gasteiger partial charge < -0.3 is 22.1 Å². The lowest BCUT2D eigenvalue weighted by Gasteiger charge is -2.08. The molecule has 2 aromatic heterocycles. The van der Waals surface area contributed by atoms with Crippen molar-refractivity contribution in [2.75, 3.05) is 16.4 Å². The van der Waals surface area contributed by atoms with Gasteiger partial charge in [0, 0.05) is 29.0 Å². The van der Waals surface area contributed by atoms with Crippen molar-refractivity contribution in [3.63, 3.8) is 0 Å². The third-order valence-electron chi connectivity index (χ3n) is 4.46. The maximum atomic E-state index is 12.7. The lowest BCUT2D eigenvalue weighted by molar-refractivity contribution is -0.115. The molecule has 0 aliphatic carbocycles. The summed E-state index contributed by atoms with van der Waals surface area (Å²) in [5.41, 5.74) is 12.2. The molecule has 6 N–H and O–H groups in total. The summed E-state index contributed by atoms with van der Waals surface area (Å²) in [5.74, 6) is -1.67. The third-order valence-corrected chi connectivity index (χ3v) is 4.71. The highest BCUT2D eigenvalue weighted by Crippen LogP contribution is 2.22. The number of carbonyl (C=O) groups is 3. The van der Waals surface area contributed by atoms with Crippen molar-refractivity contribution < 1.29 is 14.4 Å². The van der Waals surface area contributed by atoms with Gasteiger partial charge in [0.2, 0.25) is 5.91 Å². The summed E-state index contributed by atoms with van der Waals surface area (Å²) < 4.78 is 1.34. The molecule has 0 radical (unpaired) electrons. The normalized spacial score (nSPS) is 10.8. The Hall–Kier alpha value is -3.92. The highest BCUT2D eigenvalue weighted by molar-refractivity contribution is 6.30. The van der Waals surface area contributed by atoms with Crippen LogP contribution in [0.1, 0.15) is 46.3 Å². The van der Waals surface area contributed by atoms with Crippen LogP contribution < -0.4 is 22.1 Å². The summed E-state index contributed by atoms with van der Waals surface area (Å²) in [6.07, 6.45) is 1.57. The number of nitrogens with two attached hydrogens (primary N) is 2. The van der Waals surface area contributed by atoms with Crippen molar-refractivity contribution in [3.8, 4) is 0 Å². The second-order valence-corrected chi connectivity index (χ2v) is 7.68. The van der Waals surface area contributed by atoms with E-state index in [1.54, 1.807) is 44.2 Å². The Morgan fingerprint density at radius 1 is 1.12 bits per heavy atom. The molecule has 3 aromatic rings. The van der Waals surface area contributed by atoms with Gasteiger partial charge in [0.25, 0.3) is 11.8 Å². The molecule has 166 valence electrons. The Balaban J connectivity index is 1.74. The quantitative estimate of drug-likeness (QED) is 0.428. The van der Waals surface area contributed by atoms with Gasteiger partial charge in [-0.1, -0.05) is 23.7 Å². The summed E-state index contributed by atoms with van der Waals surface area (Å²) in [5, 5.41) is 10.00. The number of amides is 3. The lowest BCUT2D eigenvalue weighted by Crippen LogP contribution is -2.21. The van der Waals surface area contributed by atoms with E-state index in [1.165, 1.54) is 16.9 Å². The van der Waals surface area contributed by atoms with Gasteiger partial charge in [-0.25, -0.2) is 9.67 Å². The highest BCUT2D eigenvalue weighted by Gasteiger charge is 2.26. The number of hydrogen-bond acceptors (Lipinski definition) is 6. The van der Waals surface area contributed by atoms with Crippen LogP contribution in [-0.2, 0) is 11.2 Å². The summed E-state index contributed by atoms with van der Waals surface area (Å²) >= 11 is 5.85. The molecule has 10 nitrogen and oxygen atoms in total. The van der Waals surface area contributed by atoms with E-state index in [9.17, 15) is 14.4 Å². The van der Waals surface area contributed by atoms with Gasteiger partial charge in [-0.3, -0.25) is 14.4 Å². The number of primary amides is 1. The van der Waals surface area contributed by atoms with Gasteiger partial charge in [-0.05, 0) is 37.6 Å². The fourth-order valence-corrected chi connectivity index (χ4v) is 3.11. The molecule has 3 amide bonds. The zero-order valence-corrected chi connectivity index (χ0v) is 18.2. The molecular weight excluding hydrogens is 434 g/mol. The summed E-state index contributed by atoms with van der Waals surface area (Å²) in [7, 11) is 0. The third kappa shape index (κ3) is 5.22. The molecule has 0 aliphatic rings. The van der Waals surface area contributed by atoms with Crippen molar-refractivity contribution in [2.45, 2.75) is 26.3 Å². The van der Waals surface area contributed by atoms with Crippen LogP contribution in [0.4, 0.5) is 17.3 Å². The minimum absolute atomic E-state index is 0.00817. The molecular formula is C21H22ClN7O3. The van der Waals surface area contributed by atoms with Crippen LogP contribution in [0.5, 0.6) is 0 Å². The van der Waals surface area contributed by atoms with E-state index >= 15 is 0 Å². The van der Waals surface area contributed by atoms with Crippen molar-refractivity contribution in [1.82, 2.24) is 14.8 Å². The molecule has 0 atom stereocenters. The molecule has 2 heterocycles. The van der Waals surface area contributed by atoms with E-state index in [1.807, 2.05) is 0 Å². The maximum Gasteiger partial charge on any atom is 0.278 e. The Labute approximate surface area is 188 Å². The molecule has 0 saturated heterocycles. The van der Waals surface area contributed by atoms with Gasteiger partial charge in [0.15, 0.2) is 5.69 Å². The first kappa shape index (κ1) is 22.8. The zero-order chi connectivity index (χ0) is 23.4. The fraction of sp³-hybridized carbons (Fsp3) is 0.190. The van der Waals surface area contributed by atoms with Crippen LogP contribution in [0, 0.1) is 0 Å². The molecule has 11 heteroatoms. The number of hydrogen-bond donors (Lipinski definition) is 4. The number of benzene rings is 1. The van der Waals surface area contributed by atoms with Gasteiger partial charge >= 0.3 is 0 Å². The van der Waals surface area contributed by atoms with Crippen molar-refractivity contribution in [3.05, 3.63) is 64.4 Å². The van der Waals surface area contributed by atoms with E-state index in [4.69, 9.17) is 23.1 Å². The first-order valence-corrected chi connectivity index (χ1v) is 10.0. The van der Waals surface area contributed by atoms with Crippen molar-refractivity contribution in [1.29, 1.82) is 0 Å². The second-order valence-electron chi connectivity index (χ2n) is 7.25. The van der Waals surface area contributed by atoms with Gasteiger partial charge in [0.1, 0.15) is 17.2 Å². The van der Waals surface area contributed by atoms with Crippen LogP contribution >= 0.6 is 11.6 Å². The van der Waals surface area contributed by atoms with E-state index in [2.05, 4.69) is 20.7 Å². The summed E-state index contributed by atoms with van der Waals surface area (Å²) in [6.45, 7) is 3.60. The van der Waals surface area contributed by atoms with E-state index in [0.29, 0.717) is 10.7 Å². The average Bonchev–Trinajstić information content (AvgIpc) is 3.08. The van der Waals surface area contributed by atoms with Crippen molar-refractivity contribution in [2.24, 2.45) is 5.73 Å². The Morgan fingerprint density at radius 3 is 2.44 bits per heavy atom. The molecule has 0 spiro atoms. The Kier molecular flexibility index (Phi) is 6.74. The zero-order valence-electron chi connectivity index (χ0n) is 17.4. The number of nitrogens with zero attached hydrogens (tertiary/aromatic N) is 3. The molecule has 32 heavy (non-hydrogen) atoms. The first-order valence-electron chi connectivity index (χ1n) is 9.65. The van der Waals surface area contributed by atoms with Crippen molar-refractivity contribution >= 4 is 46.6 Å². The number of rotatable bonds is 7. The largest absolute Gasteiger partial charge is 0.383 e. The second kappa shape index (κ2) is 9.48. The number of pyridine rings is 1. The lowest BCUT2D eigenvalue weighted by atomic mass is 10.1. The van der Waals surface area contributed by atoms with Crippen LogP contribution in [-0.4, -0.2) is 32.5 Å². The highest BCUT2D eigenvalue weighted by atomic mass is 35.5. The van der Waals surface area contributed by atoms with E-state index in [0.717, 1.165) is 5.56 Å². The average molecular weight is 456 g/mol. The topological polar surface area (TPSA) is 158 Å². The van der Waals surface area contributed by atoms with Crippen LogP contribution in [0.15, 0.2) is 42.6 Å². The number of halogens is 1. The summed E-state index contributed by atoms with van der Waals surface area (Å²) in [4.78, 5) is 40.9. The molecule has 0 unspecified atom stereocenters. The van der Waals surface area contributed by atoms with Gasteiger partial charge in [-0.2, -0.15) is 5.10 Å². The standard InChI is InChI=1S/C21H22ClN7O3/c1-11(2)29-19(23)17(20(24)31)18(28-29)21(32)27-15-10-14(7-8-25-15)26-16(30)9-12-3-5-13(22)6-4-12/h3-8,10-11H,9,23H2,1-2H3,(H2,24,31)(H2,25,26,27,30,32).